The van der Waals surface area contributed by atoms with Gasteiger partial charge in [0.1, 0.15) is 4.90 Å². The Labute approximate surface area is 173 Å². The van der Waals surface area contributed by atoms with Gasteiger partial charge < -0.3 is 0 Å². The van der Waals surface area contributed by atoms with Gasteiger partial charge in [0.25, 0.3) is 0 Å². The fraction of sp³-hybridized carbons (Fsp3) is 0.455. The van der Waals surface area contributed by atoms with E-state index in [0.29, 0.717) is 11.9 Å². The highest BCUT2D eigenvalue weighted by molar-refractivity contribution is 7.97. The first-order valence-electron chi connectivity index (χ1n) is 9.86. The zero-order valence-corrected chi connectivity index (χ0v) is 17.2. The van der Waals surface area contributed by atoms with Crippen LogP contribution in [-0.2, 0) is 6.54 Å². The highest BCUT2D eigenvalue weighted by Crippen LogP contribution is 2.29. The number of hydrogen-bond acceptors (Lipinski definition) is 2. The Morgan fingerprint density at radius 3 is 1.79 bits per heavy atom. The molecule has 0 saturated heterocycles. The van der Waals surface area contributed by atoms with Gasteiger partial charge in [0.2, 0.25) is 5.82 Å². The Hall–Kier alpha value is -1.60. The van der Waals surface area contributed by atoms with Crippen molar-refractivity contribution in [3.8, 4) is 0 Å². The van der Waals surface area contributed by atoms with Gasteiger partial charge in [0, 0.05) is 6.54 Å². The molecule has 1 saturated carbocycles. The average molecular weight is 432 g/mol. The van der Waals surface area contributed by atoms with E-state index in [2.05, 4.69) is 11.6 Å². The Morgan fingerprint density at radius 2 is 1.24 bits per heavy atom. The van der Waals surface area contributed by atoms with Gasteiger partial charge in [-0.15, -0.1) is 0 Å². The van der Waals surface area contributed by atoms with Crippen LogP contribution >= 0.6 is 11.9 Å². The van der Waals surface area contributed by atoms with Gasteiger partial charge in [-0.1, -0.05) is 82.2 Å². The summed E-state index contributed by atoms with van der Waals surface area (Å²) in [5, 5.41) is 0. The normalized spacial score (nSPS) is 15.2. The van der Waals surface area contributed by atoms with Crippen LogP contribution in [0.2, 0.25) is 0 Å². The Morgan fingerprint density at radius 1 is 0.759 bits per heavy atom. The van der Waals surface area contributed by atoms with Crippen LogP contribution in [0.25, 0.3) is 0 Å². The SMILES string of the molecule is CC1CCCCCCC1.Fc1c(F)c(F)c(SNCc2ccccc2)c(F)c1F. The van der Waals surface area contributed by atoms with Gasteiger partial charge >= 0.3 is 0 Å². The third-order valence-corrected chi connectivity index (χ3v) is 5.71. The van der Waals surface area contributed by atoms with E-state index < -0.39 is 34.0 Å². The highest BCUT2D eigenvalue weighted by Gasteiger charge is 2.25. The van der Waals surface area contributed by atoms with Crippen molar-refractivity contribution < 1.29 is 22.0 Å². The number of rotatable bonds is 4. The maximum Gasteiger partial charge on any atom is 0.200 e. The van der Waals surface area contributed by atoms with Crippen molar-refractivity contribution in [2.24, 2.45) is 5.92 Å². The molecule has 1 N–H and O–H groups in total. The minimum Gasteiger partial charge on any atom is -0.255 e. The maximum atomic E-state index is 13.3. The lowest BCUT2D eigenvalue weighted by molar-refractivity contribution is 0.360. The summed E-state index contributed by atoms with van der Waals surface area (Å²) in [7, 11) is 0. The molecule has 1 fully saturated rings. The fourth-order valence-corrected chi connectivity index (χ4v) is 3.86. The van der Waals surface area contributed by atoms with Crippen molar-refractivity contribution in [1.29, 1.82) is 0 Å². The molecule has 0 bridgehead atoms. The van der Waals surface area contributed by atoms with Gasteiger partial charge in [-0.25, -0.2) is 22.0 Å². The number of halogens is 5. The van der Waals surface area contributed by atoms with E-state index in [9.17, 15) is 22.0 Å². The lowest BCUT2D eigenvalue weighted by Gasteiger charge is -2.13. The maximum absolute atomic E-state index is 13.3. The second kappa shape index (κ2) is 12.2. The van der Waals surface area contributed by atoms with E-state index in [1.54, 1.807) is 30.3 Å². The molecule has 29 heavy (non-hydrogen) atoms. The zero-order valence-electron chi connectivity index (χ0n) is 16.4. The van der Waals surface area contributed by atoms with Crippen molar-refractivity contribution >= 4 is 11.9 Å². The zero-order chi connectivity index (χ0) is 21.2. The Bertz CT molecular complexity index is 733. The molecule has 0 unspecified atom stereocenters. The molecule has 1 nitrogen and oxygen atoms in total. The summed E-state index contributed by atoms with van der Waals surface area (Å²) in [6, 6.07) is 8.83. The summed E-state index contributed by atoms with van der Waals surface area (Å²) in [6.45, 7) is 2.61. The van der Waals surface area contributed by atoms with E-state index in [0.717, 1.165) is 11.5 Å². The van der Waals surface area contributed by atoms with Crippen LogP contribution < -0.4 is 4.72 Å². The first-order valence-corrected chi connectivity index (χ1v) is 10.7. The molecule has 2 aromatic carbocycles. The molecule has 0 radical (unpaired) electrons. The summed E-state index contributed by atoms with van der Waals surface area (Å²) in [4.78, 5) is -0.947. The molecular formula is C22H26F5NS. The second-order valence-corrected chi connectivity index (χ2v) is 8.16. The largest absolute Gasteiger partial charge is 0.255 e. The van der Waals surface area contributed by atoms with Crippen LogP contribution in [0.15, 0.2) is 35.2 Å². The molecule has 0 spiro atoms. The predicted molar refractivity (Wildman–Crippen MR) is 107 cm³/mol. The second-order valence-electron chi connectivity index (χ2n) is 7.26. The van der Waals surface area contributed by atoms with Crippen LogP contribution in [0, 0.1) is 35.0 Å². The van der Waals surface area contributed by atoms with Crippen molar-refractivity contribution in [3.63, 3.8) is 0 Å². The molecule has 0 amide bonds. The summed E-state index contributed by atoms with van der Waals surface area (Å²) in [5.41, 5.74) is 0.809. The summed E-state index contributed by atoms with van der Waals surface area (Å²) in [6.07, 6.45) is 10.4. The molecule has 2 aromatic rings. The summed E-state index contributed by atoms with van der Waals surface area (Å²) < 4.78 is 68.0. The van der Waals surface area contributed by atoms with E-state index in [1.165, 1.54) is 44.9 Å². The van der Waals surface area contributed by atoms with Gasteiger partial charge in [-0.05, 0) is 23.4 Å². The van der Waals surface area contributed by atoms with Crippen LogP contribution in [0.1, 0.15) is 57.4 Å². The molecule has 1 aliphatic rings. The van der Waals surface area contributed by atoms with E-state index in [1.807, 2.05) is 0 Å². The van der Waals surface area contributed by atoms with E-state index in [4.69, 9.17) is 0 Å². The van der Waals surface area contributed by atoms with Gasteiger partial charge in [0.05, 0.1) is 0 Å². The minimum atomic E-state index is -2.16. The van der Waals surface area contributed by atoms with Crippen molar-refractivity contribution in [1.82, 2.24) is 4.72 Å². The average Bonchev–Trinajstić information content (AvgIpc) is 2.71. The molecule has 0 heterocycles. The van der Waals surface area contributed by atoms with Crippen LogP contribution in [0.5, 0.6) is 0 Å². The van der Waals surface area contributed by atoms with Gasteiger partial charge in [0.15, 0.2) is 23.3 Å². The predicted octanol–water partition coefficient (Wildman–Crippen LogP) is 7.55. The lowest BCUT2D eigenvalue weighted by Crippen LogP contribution is -2.08. The van der Waals surface area contributed by atoms with Crippen LogP contribution in [-0.4, -0.2) is 0 Å². The molecular weight excluding hydrogens is 405 g/mol. The molecule has 7 heteroatoms. The molecule has 1 aliphatic carbocycles. The molecule has 0 atom stereocenters. The minimum absolute atomic E-state index is 0.213. The number of hydrogen-bond donors (Lipinski definition) is 1. The standard InChI is InChI=1S/C13H8F5NS.C9H18/c14-8-9(15)11(17)13(12(18)10(8)16)20-19-6-7-4-2-1-3-5-7;1-9-7-5-3-2-4-6-8-9/h1-5,19H,6H2;9H,2-8H2,1H3. The fourth-order valence-electron chi connectivity index (χ4n) is 3.12. The first-order chi connectivity index (χ1) is 13.9. The molecule has 160 valence electrons. The third-order valence-electron chi connectivity index (χ3n) is 4.86. The Kier molecular flexibility index (Phi) is 9.94. The van der Waals surface area contributed by atoms with Crippen molar-refractivity contribution in [3.05, 3.63) is 65.0 Å². The van der Waals surface area contributed by atoms with Crippen molar-refractivity contribution in [2.75, 3.05) is 0 Å². The van der Waals surface area contributed by atoms with E-state index >= 15 is 0 Å². The third kappa shape index (κ3) is 7.30. The smallest absolute Gasteiger partial charge is 0.200 e. The molecule has 0 aromatic heterocycles. The number of nitrogens with one attached hydrogen (secondary N) is 1. The first kappa shape index (κ1) is 23.7. The molecule has 0 aliphatic heterocycles. The van der Waals surface area contributed by atoms with Crippen LogP contribution in [0.3, 0.4) is 0 Å². The quantitative estimate of drug-likeness (QED) is 0.232. The highest BCUT2D eigenvalue weighted by atomic mass is 32.2. The summed E-state index contributed by atoms with van der Waals surface area (Å²) in [5.74, 6) is -8.72. The number of benzene rings is 2. The van der Waals surface area contributed by atoms with Crippen molar-refractivity contribution in [2.45, 2.75) is 63.3 Å². The lowest BCUT2D eigenvalue weighted by atomic mass is 9.93. The Balaban J connectivity index is 0.000000278. The monoisotopic (exact) mass is 431 g/mol. The van der Waals surface area contributed by atoms with Gasteiger partial charge in [-0.3, -0.25) is 4.72 Å². The summed E-state index contributed by atoms with van der Waals surface area (Å²) >= 11 is 0.359. The molecule has 3 rings (SSSR count). The van der Waals surface area contributed by atoms with Gasteiger partial charge in [-0.2, -0.15) is 0 Å². The van der Waals surface area contributed by atoms with Crippen LogP contribution in [0.4, 0.5) is 22.0 Å². The topological polar surface area (TPSA) is 12.0 Å². The van der Waals surface area contributed by atoms with E-state index in [-0.39, 0.29) is 6.54 Å².